The average Bonchev–Trinajstić information content (AvgIpc) is 2.62. The van der Waals surface area contributed by atoms with E-state index in [1.807, 2.05) is 0 Å². The molecule has 0 amide bonds. The maximum Gasteiger partial charge on any atom is 0.416 e. The lowest BCUT2D eigenvalue weighted by Crippen LogP contribution is -2.35. The fourth-order valence-electron chi connectivity index (χ4n) is 3.08. The Balaban J connectivity index is 2.28. The van der Waals surface area contributed by atoms with E-state index in [-0.39, 0.29) is 35.7 Å². The van der Waals surface area contributed by atoms with Crippen LogP contribution in [-0.2, 0) is 29.3 Å². The van der Waals surface area contributed by atoms with Crippen molar-refractivity contribution in [3.63, 3.8) is 0 Å². The summed E-state index contributed by atoms with van der Waals surface area (Å²) in [4.78, 5) is 0. The summed E-state index contributed by atoms with van der Waals surface area (Å²) in [5, 5.41) is 10.9. The van der Waals surface area contributed by atoms with Crippen molar-refractivity contribution < 1.29 is 40.6 Å². The number of hydrogen-bond acceptors (Lipinski definition) is 3. The lowest BCUT2D eigenvalue weighted by Gasteiger charge is -2.30. The molecule has 1 unspecified atom stereocenters. The van der Waals surface area contributed by atoms with Crippen molar-refractivity contribution in [3.8, 4) is 0 Å². The first kappa shape index (κ1) is 24.1. The summed E-state index contributed by atoms with van der Waals surface area (Å²) in [6.45, 7) is 0.270. The molecule has 3 nitrogen and oxygen atoms in total. The van der Waals surface area contributed by atoms with E-state index in [9.17, 15) is 35.8 Å². The van der Waals surface area contributed by atoms with Crippen LogP contribution in [0, 0.1) is 12.7 Å². The number of ether oxygens (including phenoxy) is 1. The Bertz CT molecular complexity index is 848. The van der Waals surface area contributed by atoms with Gasteiger partial charge in [0.1, 0.15) is 11.4 Å². The van der Waals surface area contributed by atoms with Gasteiger partial charge in [0.2, 0.25) is 0 Å². The summed E-state index contributed by atoms with van der Waals surface area (Å²) < 4.78 is 96.8. The van der Waals surface area contributed by atoms with Gasteiger partial charge >= 0.3 is 12.4 Å². The van der Waals surface area contributed by atoms with Crippen molar-refractivity contribution in [3.05, 3.63) is 70.0 Å². The van der Waals surface area contributed by atoms with Gasteiger partial charge in [0.15, 0.2) is 0 Å². The summed E-state index contributed by atoms with van der Waals surface area (Å²) in [7, 11) is 0. The first-order valence-electron chi connectivity index (χ1n) is 8.82. The minimum absolute atomic E-state index is 0.0163. The zero-order chi connectivity index (χ0) is 22.7. The standard InChI is InChI=1S/C20H20F7NO2/c1-12-16(3-2-4-17(12)21)18(29,5-6-28)11-30-10-13-7-14(19(22,23)24)9-15(8-13)20(25,26)27/h2-4,7-9,29H,5-6,10-11,28H2,1H3. The SMILES string of the molecule is Cc1c(F)cccc1C(O)(CCN)COCc1cc(C(F)(F)F)cc(C(F)(F)F)c1. The Labute approximate surface area is 168 Å². The Morgan fingerprint density at radius 1 is 0.967 bits per heavy atom. The zero-order valence-electron chi connectivity index (χ0n) is 15.9. The first-order chi connectivity index (χ1) is 13.8. The second kappa shape index (κ2) is 8.91. The van der Waals surface area contributed by atoms with Gasteiger partial charge in [-0.05, 0) is 60.8 Å². The molecule has 0 heterocycles. The van der Waals surface area contributed by atoms with Crippen LogP contribution in [0.4, 0.5) is 30.7 Å². The number of hydrogen-bond donors (Lipinski definition) is 2. The molecule has 0 aliphatic carbocycles. The van der Waals surface area contributed by atoms with Crippen LogP contribution in [0.3, 0.4) is 0 Å². The number of nitrogens with two attached hydrogens (primary N) is 1. The molecule has 2 rings (SSSR count). The van der Waals surface area contributed by atoms with Crippen LogP contribution in [0.5, 0.6) is 0 Å². The van der Waals surface area contributed by atoms with Gasteiger partial charge in [0, 0.05) is 0 Å². The van der Waals surface area contributed by atoms with E-state index in [2.05, 4.69) is 0 Å². The molecule has 0 aliphatic heterocycles. The third-order valence-electron chi connectivity index (χ3n) is 4.58. The summed E-state index contributed by atoms with van der Waals surface area (Å²) in [5.41, 5.74) is 0.740. The molecule has 3 N–H and O–H groups in total. The summed E-state index contributed by atoms with van der Waals surface area (Å²) in [6, 6.07) is 5.11. The smallest absolute Gasteiger partial charge is 0.383 e. The van der Waals surface area contributed by atoms with Crippen LogP contribution < -0.4 is 5.73 Å². The largest absolute Gasteiger partial charge is 0.416 e. The first-order valence-corrected chi connectivity index (χ1v) is 8.82. The molecule has 0 bridgehead atoms. The number of aliphatic hydroxyl groups is 1. The number of benzene rings is 2. The maximum atomic E-state index is 13.9. The summed E-state index contributed by atoms with van der Waals surface area (Å²) in [5.74, 6) is -0.587. The highest BCUT2D eigenvalue weighted by Gasteiger charge is 2.37. The molecular formula is C20H20F7NO2. The molecule has 0 saturated heterocycles. The van der Waals surface area contributed by atoms with Crippen molar-refractivity contribution in [1.29, 1.82) is 0 Å². The maximum absolute atomic E-state index is 13.9. The van der Waals surface area contributed by atoms with Crippen molar-refractivity contribution >= 4 is 0 Å². The third-order valence-corrected chi connectivity index (χ3v) is 4.58. The van der Waals surface area contributed by atoms with Crippen molar-refractivity contribution in [2.75, 3.05) is 13.2 Å². The Kier molecular flexibility index (Phi) is 7.16. The van der Waals surface area contributed by atoms with Gasteiger partial charge in [-0.2, -0.15) is 26.3 Å². The lowest BCUT2D eigenvalue weighted by atomic mass is 9.88. The summed E-state index contributed by atoms with van der Waals surface area (Å²) >= 11 is 0. The fourth-order valence-corrected chi connectivity index (χ4v) is 3.08. The van der Waals surface area contributed by atoms with E-state index in [1.165, 1.54) is 25.1 Å². The molecule has 0 aliphatic rings. The molecule has 0 saturated carbocycles. The Hall–Kier alpha value is -2.17. The van der Waals surface area contributed by atoms with Gasteiger partial charge in [0.25, 0.3) is 0 Å². The predicted octanol–water partition coefficient (Wildman–Crippen LogP) is 4.92. The second-order valence-corrected chi connectivity index (χ2v) is 6.89. The molecule has 0 radical (unpaired) electrons. The highest BCUT2D eigenvalue weighted by atomic mass is 19.4. The molecule has 0 aromatic heterocycles. The van der Waals surface area contributed by atoms with Gasteiger partial charge in [-0.25, -0.2) is 4.39 Å². The molecule has 2 aromatic rings. The van der Waals surface area contributed by atoms with E-state index < -0.39 is 48.1 Å². The monoisotopic (exact) mass is 439 g/mol. The molecule has 30 heavy (non-hydrogen) atoms. The lowest BCUT2D eigenvalue weighted by molar-refractivity contribution is -0.143. The second-order valence-electron chi connectivity index (χ2n) is 6.89. The van der Waals surface area contributed by atoms with Crippen LogP contribution in [0.2, 0.25) is 0 Å². The quantitative estimate of drug-likeness (QED) is 0.602. The molecule has 0 spiro atoms. The number of alkyl halides is 6. The average molecular weight is 439 g/mol. The van der Waals surface area contributed by atoms with Gasteiger partial charge in [0.05, 0.1) is 24.3 Å². The van der Waals surface area contributed by atoms with Crippen molar-refractivity contribution in [1.82, 2.24) is 0 Å². The molecular weight excluding hydrogens is 419 g/mol. The van der Waals surface area contributed by atoms with Crippen LogP contribution in [0.15, 0.2) is 36.4 Å². The highest BCUT2D eigenvalue weighted by Crippen LogP contribution is 2.37. The third kappa shape index (κ3) is 5.71. The minimum atomic E-state index is -4.98. The number of halogens is 7. The van der Waals surface area contributed by atoms with Gasteiger partial charge in [-0.15, -0.1) is 0 Å². The molecule has 10 heteroatoms. The van der Waals surface area contributed by atoms with Gasteiger partial charge in [-0.3, -0.25) is 0 Å². The predicted molar refractivity (Wildman–Crippen MR) is 94.8 cm³/mol. The Morgan fingerprint density at radius 3 is 2.03 bits per heavy atom. The number of rotatable bonds is 7. The zero-order valence-corrected chi connectivity index (χ0v) is 15.9. The Morgan fingerprint density at radius 2 is 1.53 bits per heavy atom. The van der Waals surface area contributed by atoms with Crippen molar-refractivity contribution in [2.45, 2.75) is 37.9 Å². The minimum Gasteiger partial charge on any atom is -0.383 e. The topological polar surface area (TPSA) is 55.5 Å². The molecule has 0 fully saturated rings. The van der Waals surface area contributed by atoms with Crippen LogP contribution in [0.25, 0.3) is 0 Å². The normalized spacial score (nSPS) is 14.6. The van der Waals surface area contributed by atoms with E-state index in [0.29, 0.717) is 12.1 Å². The molecule has 166 valence electrons. The van der Waals surface area contributed by atoms with Crippen LogP contribution in [-0.4, -0.2) is 18.3 Å². The van der Waals surface area contributed by atoms with Gasteiger partial charge in [-0.1, -0.05) is 12.1 Å². The highest BCUT2D eigenvalue weighted by molar-refractivity contribution is 5.34. The van der Waals surface area contributed by atoms with Crippen LogP contribution in [0.1, 0.15) is 34.2 Å². The summed E-state index contributed by atoms with van der Waals surface area (Å²) in [6.07, 6.45) is -10.0. The van der Waals surface area contributed by atoms with E-state index in [4.69, 9.17) is 10.5 Å². The van der Waals surface area contributed by atoms with Crippen molar-refractivity contribution in [2.24, 2.45) is 5.73 Å². The van der Waals surface area contributed by atoms with E-state index in [1.54, 1.807) is 0 Å². The van der Waals surface area contributed by atoms with Gasteiger partial charge < -0.3 is 15.6 Å². The van der Waals surface area contributed by atoms with E-state index >= 15 is 0 Å². The van der Waals surface area contributed by atoms with Crippen LogP contribution >= 0.6 is 0 Å². The molecule has 2 aromatic carbocycles. The fraction of sp³-hybridized carbons (Fsp3) is 0.400. The molecule has 1 atom stereocenters. The van der Waals surface area contributed by atoms with E-state index in [0.717, 1.165) is 0 Å².